The van der Waals surface area contributed by atoms with Gasteiger partial charge in [0, 0.05) is 17.5 Å². The fourth-order valence-corrected chi connectivity index (χ4v) is 2.87. The summed E-state index contributed by atoms with van der Waals surface area (Å²) >= 11 is 1.93. The van der Waals surface area contributed by atoms with Crippen molar-refractivity contribution in [1.82, 2.24) is 0 Å². The number of benzene rings is 1. The van der Waals surface area contributed by atoms with Gasteiger partial charge >= 0.3 is 0 Å². The van der Waals surface area contributed by atoms with Gasteiger partial charge in [-0.1, -0.05) is 32.0 Å². The summed E-state index contributed by atoms with van der Waals surface area (Å²) in [6.07, 6.45) is 0. The largest absolute Gasteiger partial charge is 0.323 e. The summed E-state index contributed by atoms with van der Waals surface area (Å²) in [4.78, 5) is 0. The monoisotopic (exact) mass is 207 g/mol. The molecule has 0 bridgehead atoms. The highest BCUT2D eigenvalue weighted by atomic mass is 32.2. The normalized spacial score (nSPS) is 21.0. The van der Waals surface area contributed by atoms with Gasteiger partial charge < -0.3 is 5.73 Å². The van der Waals surface area contributed by atoms with Crippen molar-refractivity contribution in [2.24, 2.45) is 5.73 Å². The van der Waals surface area contributed by atoms with Gasteiger partial charge in [0.15, 0.2) is 0 Å². The number of fused-ring (bicyclic) bond motifs is 1. The minimum absolute atomic E-state index is 0.238. The van der Waals surface area contributed by atoms with Crippen LogP contribution in [0.2, 0.25) is 0 Å². The molecule has 1 heterocycles. The Morgan fingerprint density at radius 2 is 2.21 bits per heavy atom. The molecule has 1 atom stereocenters. The van der Waals surface area contributed by atoms with Crippen molar-refractivity contribution < 1.29 is 0 Å². The van der Waals surface area contributed by atoms with Crippen LogP contribution in [0, 0.1) is 0 Å². The average Bonchev–Trinajstić information content (AvgIpc) is 2.18. The van der Waals surface area contributed by atoms with Gasteiger partial charge in [-0.25, -0.2) is 0 Å². The van der Waals surface area contributed by atoms with Gasteiger partial charge in [-0.15, -0.1) is 0 Å². The number of nitrogens with two attached hydrogens (primary N) is 1. The highest BCUT2D eigenvalue weighted by Gasteiger charge is 2.17. The van der Waals surface area contributed by atoms with Crippen LogP contribution in [0.25, 0.3) is 0 Å². The molecule has 2 heteroatoms. The van der Waals surface area contributed by atoms with Crippen LogP contribution in [0.1, 0.15) is 42.5 Å². The summed E-state index contributed by atoms with van der Waals surface area (Å²) < 4.78 is 0. The first-order valence-corrected chi connectivity index (χ1v) is 6.30. The Labute approximate surface area is 90.1 Å². The summed E-state index contributed by atoms with van der Waals surface area (Å²) in [6, 6.07) is 7.02. The summed E-state index contributed by atoms with van der Waals surface area (Å²) in [7, 11) is 0. The van der Waals surface area contributed by atoms with Crippen molar-refractivity contribution >= 4 is 11.8 Å². The predicted molar refractivity (Wildman–Crippen MR) is 63.6 cm³/mol. The molecule has 0 unspecified atom stereocenters. The molecule has 0 aromatic heterocycles. The maximum atomic E-state index is 6.09. The number of hydrogen-bond donors (Lipinski definition) is 1. The van der Waals surface area contributed by atoms with E-state index < -0.39 is 0 Å². The van der Waals surface area contributed by atoms with E-state index in [-0.39, 0.29) is 6.04 Å². The Kier molecular flexibility index (Phi) is 2.84. The Hall–Kier alpha value is -0.470. The minimum Gasteiger partial charge on any atom is -0.323 e. The maximum Gasteiger partial charge on any atom is 0.0390 e. The van der Waals surface area contributed by atoms with E-state index in [2.05, 4.69) is 32.0 Å². The third-order valence-corrected chi connectivity index (χ3v) is 3.90. The molecule has 2 rings (SSSR count). The van der Waals surface area contributed by atoms with Crippen molar-refractivity contribution in [3.05, 3.63) is 34.9 Å². The Morgan fingerprint density at radius 1 is 1.43 bits per heavy atom. The van der Waals surface area contributed by atoms with E-state index in [1.807, 2.05) is 11.8 Å². The minimum atomic E-state index is 0.238. The van der Waals surface area contributed by atoms with Crippen LogP contribution in [0.15, 0.2) is 18.2 Å². The second-order valence-electron chi connectivity index (χ2n) is 4.23. The van der Waals surface area contributed by atoms with Crippen LogP contribution in [0.4, 0.5) is 0 Å². The van der Waals surface area contributed by atoms with E-state index in [4.69, 9.17) is 5.73 Å². The third-order valence-electron chi connectivity index (χ3n) is 2.79. The first-order chi connectivity index (χ1) is 6.68. The second kappa shape index (κ2) is 3.95. The van der Waals surface area contributed by atoms with Gasteiger partial charge in [-0.2, -0.15) is 11.8 Å². The van der Waals surface area contributed by atoms with E-state index in [1.54, 1.807) is 0 Å². The van der Waals surface area contributed by atoms with Gasteiger partial charge in [-0.05, 0) is 22.6 Å². The molecule has 0 radical (unpaired) electrons. The molecule has 1 aliphatic heterocycles. The van der Waals surface area contributed by atoms with E-state index in [0.717, 1.165) is 11.5 Å². The van der Waals surface area contributed by atoms with Crippen molar-refractivity contribution in [1.29, 1.82) is 0 Å². The molecule has 76 valence electrons. The quantitative estimate of drug-likeness (QED) is 0.766. The van der Waals surface area contributed by atoms with Crippen LogP contribution >= 0.6 is 11.8 Å². The lowest BCUT2D eigenvalue weighted by atomic mass is 9.94. The van der Waals surface area contributed by atoms with Gasteiger partial charge in [-0.3, -0.25) is 0 Å². The first kappa shape index (κ1) is 10.1. The molecule has 0 amide bonds. The molecular formula is C12H17NS. The zero-order valence-electron chi connectivity index (χ0n) is 8.79. The highest BCUT2D eigenvalue weighted by Crippen LogP contribution is 2.32. The van der Waals surface area contributed by atoms with Gasteiger partial charge in [0.2, 0.25) is 0 Å². The molecule has 0 aliphatic carbocycles. The second-order valence-corrected chi connectivity index (χ2v) is 5.26. The fraction of sp³-hybridized carbons (Fsp3) is 0.500. The molecule has 0 fully saturated rings. The lowest BCUT2D eigenvalue weighted by Gasteiger charge is -2.23. The summed E-state index contributed by atoms with van der Waals surface area (Å²) in [6.45, 7) is 4.45. The van der Waals surface area contributed by atoms with Crippen molar-refractivity contribution in [3.63, 3.8) is 0 Å². The molecule has 1 nitrogen and oxygen atoms in total. The molecule has 1 aliphatic rings. The van der Waals surface area contributed by atoms with Gasteiger partial charge in [0.05, 0.1) is 0 Å². The van der Waals surface area contributed by atoms with Crippen molar-refractivity contribution in [3.8, 4) is 0 Å². The van der Waals surface area contributed by atoms with Crippen LogP contribution < -0.4 is 5.73 Å². The van der Waals surface area contributed by atoms with E-state index >= 15 is 0 Å². The topological polar surface area (TPSA) is 26.0 Å². The van der Waals surface area contributed by atoms with Gasteiger partial charge in [0.25, 0.3) is 0 Å². The van der Waals surface area contributed by atoms with Crippen LogP contribution in [0.5, 0.6) is 0 Å². The Balaban J connectivity index is 2.41. The zero-order chi connectivity index (χ0) is 10.1. The first-order valence-electron chi connectivity index (χ1n) is 5.14. The van der Waals surface area contributed by atoms with E-state index in [1.165, 1.54) is 16.7 Å². The molecular weight excluding hydrogens is 190 g/mol. The fourth-order valence-electron chi connectivity index (χ4n) is 1.83. The lowest BCUT2D eigenvalue weighted by molar-refractivity contribution is 0.794. The van der Waals surface area contributed by atoms with Crippen LogP contribution in [-0.2, 0) is 5.75 Å². The third kappa shape index (κ3) is 1.82. The summed E-state index contributed by atoms with van der Waals surface area (Å²) in [5.41, 5.74) is 10.3. The van der Waals surface area contributed by atoms with Crippen LogP contribution in [-0.4, -0.2) is 5.75 Å². The SMILES string of the molecule is CC(C)c1ccc2c(c1)[C@@H](N)CSC2. The van der Waals surface area contributed by atoms with Crippen LogP contribution in [0.3, 0.4) is 0 Å². The number of rotatable bonds is 1. The Morgan fingerprint density at radius 3 is 2.93 bits per heavy atom. The lowest BCUT2D eigenvalue weighted by Crippen LogP contribution is -2.19. The highest BCUT2D eigenvalue weighted by molar-refractivity contribution is 7.98. The molecule has 0 saturated carbocycles. The zero-order valence-corrected chi connectivity index (χ0v) is 9.60. The summed E-state index contributed by atoms with van der Waals surface area (Å²) in [5.74, 6) is 2.79. The Bertz CT molecular complexity index is 333. The number of thioether (sulfide) groups is 1. The average molecular weight is 207 g/mol. The molecule has 14 heavy (non-hydrogen) atoms. The standard InChI is InChI=1S/C12H17NS/c1-8(2)9-3-4-10-6-14-7-12(13)11(10)5-9/h3-5,8,12H,6-7,13H2,1-2H3/t12-/m0/s1. The predicted octanol–water partition coefficient (Wildman–Crippen LogP) is 3.06. The molecule has 2 N–H and O–H groups in total. The molecule has 0 saturated heterocycles. The van der Waals surface area contributed by atoms with E-state index in [9.17, 15) is 0 Å². The van der Waals surface area contributed by atoms with Crippen molar-refractivity contribution in [2.75, 3.05) is 5.75 Å². The molecule has 1 aromatic carbocycles. The molecule has 1 aromatic rings. The maximum absolute atomic E-state index is 6.09. The van der Waals surface area contributed by atoms with Crippen molar-refractivity contribution in [2.45, 2.75) is 31.6 Å². The number of hydrogen-bond acceptors (Lipinski definition) is 2. The molecule has 0 spiro atoms. The van der Waals surface area contributed by atoms with E-state index in [0.29, 0.717) is 5.92 Å². The van der Waals surface area contributed by atoms with Gasteiger partial charge in [0.1, 0.15) is 0 Å². The summed E-state index contributed by atoms with van der Waals surface area (Å²) in [5, 5.41) is 0. The smallest absolute Gasteiger partial charge is 0.0390 e.